The van der Waals surface area contributed by atoms with Gasteiger partial charge in [-0.1, -0.05) is 12.1 Å². The molecule has 5 heteroatoms. The summed E-state index contributed by atoms with van der Waals surface area (Å²) in [7, 11) is 1.35. The van der Waals surface area contributed by atoms with Crippen LogP contribution in [0.3, 0.4) is 0 Å². The number of esters is 1. The van der Waals surface area contributed by atoms with Crippen LogP contribution >= 0.6 is 0 Å². The fourth-order valence-corrected chi connectivity index (χ4v) is 2.42. The number of carbonyl (C=O) groups is 2. The Morgan fingerprint density at radius 3 is 2.95 bits per heavy atom. The lowest BCUT2D eigenvalue weighted by Gasteiger charge is -2.30. The van der Waals surface area contributed by atoms with Crippen LogP contribution < -0.4 is 0 Å². The number of amides is 1. The van der Waals surface area contributed by atoms with Crippen molar-refractivity contribution in [3.8, 4) is 0 Å². The molecule has 0 aromatic heterocycles. The van der Waals surface area contributed by atoms with Crippen molar-refractivity contribution in [1.29, 1.82) is 0 Å². The first-order valence-corrected chi connectivity index (χ1v) is 6.90. The monoisotopic (exact) mass is 291 g/mol. The van der Waals surface area contributed by atoms with Crippen LogP contribution in [0, 0.1) is 11.7 Å². The summed E-state index contributed by atoms with van der Waals surface area (Å²) < 4.78 is 17.8. The molecular formula is C16H18FNO3. The Morgan fingerprint density at radius 1 is 1.43 bits per heavy atom. The summed E-state index contributed by atoms with van der Waals surface area (Å²) in [5, 5.41) is 0. The first-order valence-electron chi connectivity index (χ1n) is 6.90. The fourth-order valence-electron chi connectivity index (χ4n) is 2.42. The van der Waals surface area contributed by atoms with Crippen LogP contribution in [0.5, 0.6) is 0 Å². The van der Waals surface area contributed by atoms with Crippen LogP contribution in [0.2, 0.25) is 0 Å². The molecule has 0 N–H and O–H groups in total. The average Bonchev–Trinajstić information content (AvgIpc) is 2.52. The zero-order valence-corrected chi connectivity index (χ0v) is 11.9. The minimum Gasteiger partial charge on any atom is -0.469 e. The Labute approximate surface area is 123 Å². The molecule has 4 nitrogen and oxygen atoms in total. The van der Waals surface area contributed by atoms with Gasteiger partial charge in [0.1, 0.15) is 5.82 Å². The molecular weight excluding hydrogens is 273 g/mol. The summed E-state index contributed by atoms with van der Waals surface area (Å²) in [6.07, 6.45) is 4.50. The molecule has 1 amide bonds. The molecule has 0 aliphatic carbocycles. The van der Waals surface area contributed by atoms with E-state index in [2.05, 4.69) is 0 Å². The number of nitrogens with zero attached hydrogens (tertiary/aromatic N) is 1. The number of methoxy groups -OCH3 is 1. The lowest BCUT2D eigenvalue weighted by atomic mass is 9.98. The van der Waals surface area contributed by atoms with Crippen LogP contribution in [0.4, 0.5) is 4.39 Å². The Kier molecular flexibility index (Phi) is 5.09. The molecule has 1 fully saturated rings. The summed E-state index contributed by atoms with van der Waals surface area (Å²) in [5.41, 5.74) is 0.630. The van der Waals surface area contributed by atoms with Crippen molar-refractivity contribution >= 4 is 18.0 Å². The van der Waals surface area contributed by atoms with E-state index in [1.54, 1.807) is 23.1 Å². The van der Waals surface area contributed by atoms with Crippen LogP contribution in [0.15, 0.2) is 30.3 Å². The third-order valence-electron chi connectivity index (χ3n) is 3.53. The van der Waals surface area contributed by atoms with Gasteiger partial charge < -0.3 is 9.64 Å². The second kappa shape index (κ2) is 7.02. The van der Waals surface area contributed by atoms with Crippen molar-refractivity contribution in [3.63, 3.8) is 0 Å². The van der Waals surface area contributed by atoms with E-state index in [1.807, 2.05) is 0 Å². The standard InChI is InChI=1S/C16H18FNO3/c1-21-16(20)13-5-3-9-18(11-13)15(19)8-7-12-4-2-6-14(17)10-12/h2,4,6-8,10,13H,3,5,9,11H2,1H3/b8-7+/t13-/m0/s1. The van der Waals surface area contributed by atoms with E-state index in [0.717, 1.165) is 12.8 Å². The summed E-state index contributed by atoms with van der Waals surface area (Å²) in [5.74, 6) is -1.04. The van der Waals surface area contributed by atoms with Gasteiger partial charge in [0.2, 0.25) is 5.91 Å². The molecule has 0 radical (unpaired) electrons. The summed E-state index contributed by atoms with van der Waals surface area (Å²) in [4.78, 5) is 25.3. The van der Waals surface area contributed by atoms with E-state index < -0.39 is 0 Å². The van der Waals surface area contributed by atoms with E-state index in [4.69, 9.17) is 4.74 Å². The Bertz CT molecular complexity index is 556. The smallest absolute Gasteiger partial charge is 0.310 e. The largest absolute Gasteiger partial charge is 0.469 e. The highest BCUT2D eigenvalue weighted by atomic mass is 19.1. The van der Waals surface area contributed by atoms with E-state index >= 15 is 0 Å². The predicted molar refractivity (Wildman–Crippen MR) is 76.8 cm³/mol. The summed E-state index contributed by atoms with van der Waals surface area (Å²) in [6, 6.07) is 6.02. The SMILES string of the molecule is COC(=O)[C@H]1CCCN(C(=O)/C=C/c2cccc(F)c2)C1. The zero-order valence-electron chi connectivity index (χ0n) is 11.9. The maximum atomic E-state index is 13.0. The topological polar surface area (TPSA) is 46.6 Å². The number of hydrogen-bond acceptors (Lipinski definition) is 3. The molecule has 0 bridgehead atoms. The third kappa shape index (κ3) is 4.15. The number of carbonyl (C=O) groups excluding carboxylic acids is 2. The number of likely N-dealkylation sites (tertiary alicyclic amines) is 1. The van der Waals surface area contributed by atoms with Gasteiger partial charge in [-0.3, -0.25) is 9.59 Å². The number of benzene rings is 1. The van der Waals surface area contributed by atoms with Gasteiger partial charge in [-0.15, -0.1) is 0 Å². The molecule has 21 heavy (non-hydrogen) atoms. The van der Waals surface area contributed by atoms with Crippen molar-refractivity contribution in [2.24, 2.45) is 5.92 Å². The molecule has 1 saturated heterocycles. The minimum absolute atomic E-state index is 0.173. The second-order valence-electron chi connectivity index (χ2n) is 5.03. The van der Waals surface area contributed by atoms with Gasteiger partial charge in [-0.25, -0.2) is 4.39 Å². The molecule has 0 saturated carbocycles. The molecule has 1 atom stereocenters. The maximum Gasteiger partial charge on any atom is 0.310 e. The van der Waals surface area contributed by atoms with Gasteiger partial charge >= 0.3 is 5.97 Å². The highest BCUT2D eigenvalue weighted by molar-refractivity contribution is 5.92. The molecule has 112 valence electrons. The lowest BCUT2D eigenvalue weighted by Crippen LogP contribution is -2.41. The van der Waals surface area contributed by atoms with E-state index in [9.17, 15) is 14.0 Å². The number of ether oxygens (including phenoxy) is 1. The molecule has 2 rings (SSSR count). The normalized spacial score (nSPS) is 18.8. The number of halogens is 1. The van der Waals surface area contributed by atoms with E-state index in [-0.39, 0.29) is 23.6 Å². The molecule has 1 heterocycles. The summed E-state index contributed by atoms with van der Waals surface area (Å²) >= 11 is 0. The number of hydrogen-bond donors (Lipinski definition) is 0. The third-order valence-corrected chi connectivity index (χ3v) is 3.53. The van der Waals surface area contributed by atoms with Gasteiger partial charge in [0.25, 0.3) is 0 Å². The van der Waals surface area contributed by atoms with Crippen LogP contribution in [-0.2, 0) is 14.3 Å². The fraction of sp³-hybridized carbons (Fsp3) is 0.375. The van der Waals surface area contributed by atoms with Gasteiger partial charge in [-0.2, -0.15) is 0 Å². The first-order chi connectivity index (χ1) is 10.1. The lowest BCUT2D eigenvalue weighted by molar-refractivity contribution is -0.148. The molecule has 1 aliphatic heterocycles. The Morgan fingerprint density at radius 2 is 2.24 bits per heavy atom. The van der Waals surface area contributed by atoms with Crippen molar-refractivity contribution in [3.05, 3.63) is 41.7 Å². The summed E-state index contributed by atoms with van der Waals surface area (Å²) in [6.45, 7) is 0.999. The zero-order chi connectivity index (χ0) is 15.2. The van der Waals surface area contributed by atoms with Crippen molar-refractivity contribution < 1.29 is 18.7 Å². The van der Waals surface area contributed by atoms with Crippen molar-refractivity contribution in [1.82, 2.24) is 4.90 Å². The van der Waals surface area contributed by atoms with Crippen LogP contribution in [-0.4, -0.2) is 37.0 Å². The predicted octanol–water partition coefficient (Wildman–Crippen LogP) is 2.25. The number of rotatable bonds is 3. The Hall–Kier alpha value is -2.17. The minimum atomic E-state index is -0.340. The molecule has 0 spiro atoms. The molecule has 1 aliphatic rings. The molecule has 0 unspecified atom stereocenters. The quantitative estimate of drug-likeness (QED) is 0.634. The Balaban J connectivity index is 1.98. The van der Waals surface area contributed by atoms with E-state index in [1.165, 1.54) is 25.3 Å². The molecule has 1 aromatic carbocycles. The van der Waals surface area contributed by atoms with Gasteiger partial charge in [0, 0.05) is 19.2 Å². The molecule has 1 aromatic rings. The van der Waals surface area contributed by atoms with Gasteiger partial charge in [0.05, 0.1) is 13.0 Å². The van der Waals surface area contributed by atoms with Crippen LogP contribution in [0.25, 0.3) is 6.08 Å². The average molecular weight is 291 g/mol. The van der Waals surface area contributed by atoms with E-state index in [0.29, 0.717) is 18.7 Å². The van der Waals surface area contributed by atoms with Crippen molar-refractivity contribution in [2.75, 3.05) is 20.2 Å². The highest BCUT2D eigenvalue weighted by Crippen LogP contribution is 2.18. The van der Waals surface area contributed by atoms with Gasteiger partial charge in [-0.05, 0) is 36.6 Å². The first kappa shape index (κ1) is 15.2. The van der Waals surface area contributed by atoms with Crippen LogP contribution in [0.1, 0.15) is 18.4 Å². The van der Waals surface area contributed by atoms with Gasteiger partial charge in [0.15, 0.2) is 0 Å². The van der Waals surface area contributed by atoms with Crippen molar-refractivity contribution in [2.45, 2.75) is 12.8 Å². The number of piperidine rings is 1. The second-order valence-corrected chi connectivity index (χ2v) is 5.03. The maximum absolute atomic E-state index is 13.0. The highest BCUT2D eigenvalue weighted by Gasteiger charge is 2.28.